The molecule has 7 heteroatoms. The van der Waals surface area contributed by atoms with E-state index in [0.29, 0.717) is 24.5 Å². The molecule has 0 radical (unpaired) electrons. The zero-order valence-corrected chi connectivity index (χ0v) is 17.4. The van der Waals surface area contributed by atoms with Crippen molar-refractivity contribution in [3.63, 3.8) is 0 Å². The van der Waals surface area contributed by atoms with Gasteiger partial charge < -0.3 is 20.6 Å². The van der Waals surface area contributed by atoms with Crippen LogP contribution in [-0.2, 0) is 10.4 Å². The number of rotatable bonds is 4. The lowest BCUT2D eigenvalue weighted by molar-refractivity contribution is -0.156. The molecule has 3 atom stereocenters. The number of carbonyl (C=O) groups is 2. The minimum atomic E-state index is -1.04. The Morgan fingerprint density at radius 3 is 2.33 bits per heavy atom. The zero-order chi connectivity index (χ0) is 20.4. The van der Waals surface area contributed by atoms with Crippen LogP contribution in [0.1, 0.15) is 39.7 Å². The van der Waals surface area contributed by atoms with Crippen LogP contribution in [0.2, 0.25) is 5.02 Å². The molecule has 1 saturated heterocycles. The molecular formula is C20H30ClN3O3. The Bertz CT molecular complexity index is 692. The number of amides is 3. The summed E-state index contributed by atoms with van der Waals surface area (Å²) in [6.45, 7) is 8.46. The molecule has 2 rings (SSSR count). The van der Waals surface area contributed by atoms with Crippen molar-refractivity contribution in [2.24, 2.45) is 11.3 Å². The van der Waals surface area contributed by atoms with Crippen LogP contribution >= 0.6 is 11.6 Å². The van der Waals surface area contributed by atoms with Gasteiger partial charge >= 0.3 is 6.03 Å². The van der Waals surface area contributed by atoms with E-state index in [0.717, 1.165) is 5.56 Å². The smallest absolute Gasteiger partial charge is 0.314 e. The molecule has 1 aliphatic heterocycles. The fourth-order valence-electron chi connectivity index (χ4n) is 3.68. The van der Waals surface area contributed by atoms with Gasteiger partial charge in [0.1, 0.15) is 0 Å². The lowest BCUT2D eigenvalue weighted by atomic mass is 9.66. The van der Waals surface area contributed by atoms with E-state index in [9.17, 15) is 14.7 Å². The molecule has 0 aromatic heterocycles. The van der Waals surface area contributed by atoms with Gasteiger partial charge in [-0.1, -0.05) is 44.5 Å². The van der Waals surface area contributed by atoms with Gasteiger partial charge in [0.05, 0.1) is 11.5 Å². The third kappa shape index (κ3) is 4.38. The zero-order valence-electron chi connectivity index (χ0n) is 16.7. The quantitative estimate of drug-likeness (QED) is 0.733. The van der Waals surface area contributed by atoms with Crippen LogP contribution in [0.4, 0.5) is 4.79 Å². The van der Waals surface area contributed by atoms with Crippen LogP contribution in [0.5, 0.6) is 0 Å². The van der Waals surface area contributed by atoms with E-state index in [2.05, 4.69) is 10.6 Å². The van der Waals surface area contributed by atoms with Gasteiger partial charge in [-0.15, -0.1) is 0 Å². The van der Waals surface area contributed by atoms with Crippen molar-refractivity contribution in [1.82, 2.24) is 15.5 Å². The van der Waals surface area contributed by atoms with Crippen molar-refractivity contribution in [2.75, 3.05) is 20.1 Å². The Hall–Kier alpha value is -1.79. The molecule has 6 nitrogen and oxygen atoms in total. The molecule has 3 amide bonds. The normalized spacial score (nSPS) is 24.0. The number of piperidine rings is 1. The summed E-state index contributed by atoms with van der Waals surface area (Å²) in [5, 5.41) is 17.3. The number of likely N-dealkylation sites (tertiary alicyclic amines) is 1. The van der Waals surface area contributed by atoms with E-state index < -0.39 is 11.0 Å². The highest BCUT2D eigenvalue weighted by Crippen LogP contribution is 2.46. The van der Waals surface area contributed by atoms with Crippen LogP contribution in [0, 0.1) is 11.3 Å². The molecular weight excluding hydrogens is 366 g/mol. The lowest BCUT2D eigenvalue weighted by Crippen LogP contribution is -2.58. The number of nitrogens with zero attached hydrogens (tertiary/aromatic N) is 1. The summed E-state index contributed by atoms with van der Waals surface area (Å²) in [7, 11) is 1.54. The maximum absolute atomic E-state index is 12.9. The van der Waals surface area contributed by atoms with Gasteiger partial charge in [0, 0.05) is 36.6 Å². The van der Waals surface area contributed by atoms with Gasteiger partial charge in [0.15, 0.2) is 0 Å². The number of aliphatic hydroxyl groups is 1. The Morgan fingerprint density at radius 2 is 1.81 bits per heavy atom. The summed E-state index contributed by atoms with van der Waals surface area (Å²) >= 11 is 5.97. The first-order valence-electron chi connectivity index (χ1n) is 9.27. The summed E-state index contributed by atoms with van der Waals surface area (Å²) in [5.74, 6) is -0.384. The van der Waals surface area contributed by atoms with Crippen molar-refractivity contribution in [2.45, 2.75) is 45.8 Å². The summed E-state index contributed by atoms with van der Waals surface area (Å²) in [4.78, 5) is 26.2. The van der Waals surface area contributed by atoms with Crippen LogP contribution in [0.3, 0.4) is 0 Å². The SMILES string of the molecule is CNC(=O)NC(C)[C@@H](C)C(=O)N1CC[C@](O)(c2ccc(Cl)cc2)C(C)(C)C1. The predicted octanol–water partition coefficient (Wildman–Crippen LogP) is 2.74. The van der Waals surface area contributed by atoms with Crippen LogP contribution in [0.15, 0.2) is 24.3 Å². The molecule has 1 aromatic rings. The van der Waals surface area contributed by atoms with Gasteiger partial charge in [-0.05, 0) is 31.0 Å². The molecule has 1 fully saturated rings. The molecule has 0 spiro atoms. The van der Waals surface area contributed by atoms with E-state index in [1.807, 2.05) is 39.8 Å². The number of halogens is 1. The van der Waals surface area contributed by atoms with E-state index >= 15 is 0 Å². The number of hydrogen-bond acceptors (Lipinski definition) is 3. The number of nitrogens with one attached hydrogen (secondary N) is 2. The van der Waals surface area contributed by atoms with Crippen molar-refractivity contribution < 1.29 is 14.7 Å². The molecule has 1 aliphatic rings. The van der Waals surface area contributed by atoms with E-state index in [-0.39, 0.29) is 23.9 Å². The largest absolute Gasteiger partial charge is 0.384 e. The third-order valence-corrected chi connectivity index (χ3v) is 6.06. The van der Waals surface area contributed by atoms with Crippen LogP contribution in [-0.4, -0.2) is 48.1 Å². The predicted molar refractivity (Wildman–Crippen MR) is 107 cm³/mol. The molecule has 150 valence electrons. The van der Waals surface area contributed by atoms with E-state index in [1.54, 1.807) is 24.1 Å². The number of hydrogen-bond donors (Lipinski definition) is 3. The highest BCUT2D eigenvalue weighted by Gasteiger charge is 2.50. The monoisotopic (exact) mass is 395 g/mol. The summed E-state index contributed by atoms with van der Waals surface area (Å²) in [6.07, 6.45) is 0.442. The molecule has 1 unspecified atom stereocenters. The molecule has 27 heavy (non-hydrogen) atoms. The number of urea groups is 1. The fraction of sp³-hybridized carbons (Fsp3) is 0.600. The standard InChI is InChI=1S/C20H30ClN3O3/c1-13(14(2)23-18(26)22-5)17(25)24-11-10-20(27,19(3,4)12-24)15-6-8-16(21)9-7-15/h6-9,13-14,27H,10-12H2,1-5H3,(H2,22,23,26)/t13-,14?,20+/m1/s1. The van der Waals surface area contributed by atoms with Crippen LogP contribution in [0.25, 0.3) is 0 Å². The fourth-order valence-corrected chi connectivity index (χ4v) is 3.80. The first-order chi connectivity index (χ1) is 12.5. The maximum atomic E-state index is 12.9. The second-order valence-corrected chi connectivity index (χ2v) is 8.50. The van der Waals surface area contributed by atoms with Crippen molar-refractivity contribution in [3.8, 4) is 0 Å². The summed E-state index contributed by atoms with van der Waals surface area (Å²) in [6, 6.07) is 6.64. The average Bonchev–Trinajstić information content (AvgIpc) is 2.62. The minimum absolute atomic E-state index is 0.0230. The third-order valence-electron chi connectivity index (χ3n) is 5.81. The second kappa shape index (κ2) is 8.07. The first kappa shape index (κ1) is 21.5. The topological polar surface area (TPSA) is 81.7 Å². The lowest BCUT2D eigenvalue weighted by Gasteiger charge is -2.51. The molecule has 0 saturated carbocycles. The Balaban J connectivity index is 2.13. The maximum Gasteiger partial charge on any atom is 0.314 e. The number of carbonyl (C=O) groups excluding carboxylic acids is 2. The molecule has 1 heterocycles. The molecule has 1 aromatic carbocycles. The molecule has 0 aliphatic carbocycles. The summed E-state index contributed by atoms with van der Waals surface area (Å²) < 4.78 is 0. The summed E-state index contributed by atoms with van der Waals surface area (Å²) in [5.41, 5.74) is -0.762. The molecule has 0 bridgehead atoms. The highest BCUT2D eigenvalue weighted by atomic mass is 35.5. The number of benzene rings is 1. The van der Waals surface area contributed by atoms with Crippen molar-refractivity contribution in [1.29, 1.82) is 0 Å². The Labute approximate surface area is 166 Å². The van der Waals surface area contributed by atoms with Gasteiger partial charge in [0.25, 0.3) is 0 Å². The van der Waals surface area contributed by atoms with Gasteiger partial charge in [0.2, 0.25) is 5.91 Å². The van der Waals surface area contributed by atoms with Crippen LogP contribution < -0.4 is 10.6 Å². The minimum Gasteiger partial charge on any atom is -0.384 e. The van der Waals surface area contributed by atoms with E-state index in [4.69, 9.17) is 11.6 Å². The first-order valence-corrected chi connectivity index (χ1v) is 9.65. The Morgan fingerprint density at radius 1 is 1.22 bits per heavy atom. The highest BCUT2D eigenvalue weighted by molar-refractivity contribution is 6.30. The van der Waals surface area contributed by atoms with Crippen molar-refractivity contribution in [3.05, 3.63) is 34.9 Å². The van der Waals surface area contributed by atoms with E-state index in [1.165, 1.54) is 0 Å². The average molecular weight is 396 g/mol. The van der Waals surface area contributed by atoms with Gasteiger partial charge in [-0.2, -0.15) is 0 Å². The molecule has 3 N–H and O–H groups in total. The Kier molecular flexibility index (Phi) is 6.43. The van der Waals surface area contributed by atoms with Crippen molar-refractivity contribution >= 4 is 23.5 Å². The van der Waals surface area contributed by atoms with Gasteiger partial charge in [-0.25, -0.2) is 4.79 Å². The second-order valence-electron chi connectivity index (χ2n) is 8.06. The van der Waals surface area contributed by atoms with Gasteiger partial charge in [-0.3, -0.25) is 4.79 Å².